The van der Waals surface area contributed by atoms with Crippen LogP contribution in [0.1, 0.15) is 23.0 Å². The van der Waals surface area contributed by atoms with Crippen molar-refractivity contribution < 1.29 is 22.7 Å². The van der Waals surface area contributed by atoms with Crippen LogP contribution in [-0.2, 0) is 11.3 Å². The van der Waals surface area contributed by atoms with E-state index < -0.39 is 41.1 Å². The van der Waals surface area contributed by atoms with Crippen LogP contribution in [0.2, 0.25) is 0 Å². The molecule has 0 aliphatic heterocycles. The summed E-state index contributed by atoms with van der Waals surface area (Å²) in [4.78, 5) is 23.1. The number of ether oxygens (including phenoxy) is 1. The first-order valence-electron chi connectivity index (χ1n) is 6.02. The van der Waals surface area contributed by atoms with Crippen molar-refractivity contribution in [2.75, 3.05) is 6.61 Å². The van der Waals surface area contributed by atoms with Gasteiger partial charge in [0.15, 0.2) is 0 Å². The lowest BCUT2D eigenvalue weighted by Crippen LogP contribution is -2.18. The minimum atomic E-state index is -1.12. The zero-order valence-electron chi connectivity index (χ0n) is 11.0. The van der Waals surface area contributed by atoms with Gasteiger partial charge in [0, 0.05) is 23.8 Å². The topological polar surface area (TPSA) is 64.1 Å². The molecule has 8 heteroatoms. The van der Waals surface area contributed by atoms with Crippen LogP contribution in [-0.4, -0.2) is 22.4 Å². The van der Waals surface area contributed by atoms with E-state index in [1.807, 2.05) is 0 Å². The fraction of sp³-hybridized carbons (Fsp3) is 0.231. The van der Waals surface area contributed by atoms with E-state index in [1.165, 1.54) is 0 Å². The van der Waals surface area contributed by atoms with E-state index in [1.54, 1.807) is 6.92 Å². The van der Waals surface area contributed by atoms with E-state index in [-0.39, 0.29) is 12.3 Å². The number of halogens is 3. The van der Waals surface area contributed by atoms with E-state index in [0.29, 0.717) is 12.1 Å². The second-order valence-electron chi connectivity index (χ2n) is 4.16. The zero-order chi connectivity index (χ0) is 15.6. The van der Waals surface area contributed by atoms with Crippen molar-refractivity contribution in [1.82, 2.24) is 9.78 Å². The molecule has 0 saturated carbocycles. The first kappa shape index (κ1) is 14.9. The highest BCUT2D eigenvalue weighted by Crippen LogP contribution is 2.15. The Bertz CT molecular complexity index is 713. The number of benzene rings is 1. The van der Waals surface area contributed by atoms with Crippen LogP contribution in [0.4, 0.5) is 13.2 Å². The van der Waals surface area contributed by atoms with Crippen molar-refractivity contribution in [3.05, 3.63) is 57.3 Å². The van der Waals surface area contributed by atoms with Crippen molar-refractivity contribution in [2.24, 2.45) is 0 Å². The van der Waals surface area contributed by atoms with Crippen LogP contribution in [0.25, 0.3) is 0 Å². The summed E-state index contributed by atoms with van der Waals surface area (Å²) in [6.07, 6.45) is 0. The second kappa shape index (κ2) is 5.86. The molecule has 21 heavy (non-hydrogen) atoms. The lowest BCUT2D eigenvalue weighted by Gasteiger charge is -2.06. The van der Waals surface area contributed by atoms with Crippen molar-refractivity contribution in [3.63, 3.8) is 0 Å². The molecule has 0 unspecified atom stereocenters. The summed E-state index contributed by atoms with van der Waals surface area (Å²) in [5.74, 6) is -4.05. The standard InChI is InChI=1S/C13H11F3N2O3/c1-2-21-13(20)11-5-12(19)18(17-11)6-8-9(15)3-7(14)4-10(8)16/h3-5,17H,2,6H2,1H3. The number of nitrogens with zero attached hydrogens (tertiary/aromatic N) is 1. The molecule has 0 amide bonds. The van der Waals surface area contributed by atoms with E-state index in [2.05, 4.69) is 9.84 Å². The Morgan fingerprint density at radius 3 is 2.43 bits per heavy atom. The summed E-state index contributed by atoms with van der Waals surface area (Å²) in [6, 6.07) is 1.98. The molecule has 2 aromatic rings. The average molecular weight is 300 g/mol. The quantitative estimate of drug-likeness (QED) is 0.876. The number of nitrogens with one attached hydrogen (secondary N) is 1. The molecule has 1 aromatic heterocycles. The number of rotatable bonds is 4. The summed E-state index contributed by atoms with van der Waals surface area (Å²) in [5, 5.41) is 2.39. The lowest BCUT2D eigenvalue weighted by molar-refractivity contribution is 0.0518. The Balaban J connectivity index is 2.33. The molecule has 0 atom stereocenters. The molecule has 0 saturated heterocycles. The molecule has 112 valence electrons. The number of hydrogen-bond donors (Lipinski definition) is 1. The summed E-state index contributed by atoms with van der Waals surface area (Å²) in [6.45, 7) is 1.21. The van der Waals surface area contributed by atoms with Gasteiger partial charge in [-0.15, -0.1) is 0 Å². The maximum Gasteiger partial charge on any atom is 0.356 e. The highest BCUT2D eigenvalue weighted by atomic mass is 19.1. The van der Waals surface area contributed by atoms with Crippen molar-refractivity contribution in [2.45, 2.75) is 13.5 Å². The fourth-order valence-electron chi connectivity index (χ4n) is 1.75. The number of esters is 1. The first-order chi connectivity index (χ1) is 9.92. The van der Waals surface area contributed by atoms with Crippen molar-refractivity contribution in [3.8, 4) is 0 Å². The second-order valence-corrected chi connectivity index (χ2v) is 4.16. The van der Waals surface area contributed by atoms with E-state index in [0.717, 1.165) is 10.7 Å². The Morgan fingerprint density at radius 2 is 1.86 bits per heavy atom. The van der Waals surface area contributed by atoms with Gasteiger partial charge in [0.25, 0.3) is 5.56 Å². The van der Waals surface area contributed by atoms with Gasteiger partial charge in [0.05, 0.1) is 13.2 Å². The minimum Gasteiger partial charge on any atom is -0.461 e. The van der Waals surface area contributed by atoms with Gasteiger partial charge in [-0.2, -0.15) is 0 Å². The molecule has 5 nitrogen and oxygen atoms in total. The third kappa shape index (κ3) is 3.15. The predicted octanol–water partition coefficient (Wildman–Crippen LogP) is 1.82. The summed E-state index contributed by atoms with van der Waals surface area (Å²) in [5.41, 5.74) is -1.29. The zero-order valence-corrected chi connectivity index (χ0v) is 11.0. The lowest BCUT2D eigenvalue weighted by atomic mass is 10.2. The van der Waals surface area contributed by atoms with Gasteiger partial charge in [-0.3, -0.25) is 9.89 Å². The van der Waals surface area contributed by atoms with Gasteiger partial charge < -0.3 is 4.74 Å². The highest BCUT2D eigenvalue weighted by molar-refractivity contribution is 5.86. The van der Waals surface area contributed by atoms with Crippen LogP contribution in [0.5, 0.6) is 0 Å². The average Bonchev–Trinajstić information content (AvgIpc) is 2.75. The largest absolute Gasteiger partial charge is 0.461 e. The highest BCUT2D eigenvalue weighted by Gasteiger charge is 2.16. The Hall–Kier alpha value is -2.51. The minimum absolute atomic E-state index is 0.118. The Kier molecular flexibility index (Phi) is 4.15. The third-order valence-electron chi connectivity index (χ3n) is 2.71. The summed E-state index contributed by atoms with van der Waals surface area (Å²) >= 11 is 0. The molecule has 2 rings (SSSR count). The van der Waals surface area contributed by atoms with E-state index in [4.69, 9.17) is 0 Å². The van der Waals surface area contributed by atoms with Gasteiger partial charge in [0.2, 0.25) is 0 Å². The number of aromatic amines is 1. The van der Waals surface area contributed by atoms with Crippen LogP contribution >= 0.6 is 0 Å². The number of hydrogen-bond acceptors (Lipinski definition) is 3. The molecule has 1 heterocycles. The van der Waals surface area contributed by atoms with Gasteiger partial charge >= 0.3 is 5.97 Å². The van der Waals surface area contributed by atoms with Crippen LogP contribution in [0, 0.1) is 17.5 Å². The molecule has 0 bridgehead atoms. The maximum absolute atomic E-state index is 13.5. The van der Waals surface area contributed by atoms with Crippen molar-refractivity contribution >= 4 is 5.97 Å². The molecule has 1 aromatic carbocycles. The third-order valence-corrected chi connectivity index (χ3v) is 2.71. The number of carbonyl (C=O) groups excluding carboxylic acids is 1. The molecule has 0 aliphatic carbocycles. The first-order valence-corrected chi connectivity index (χ1v) is 6.02. The van der Waals surface area contributed by atoms with Crippen molar-refractivity contribution in [1.29, 1.82) is 0 Å². The predicted molar refractivity (Wildman–Crippen MR) is 66.4 cm³/mol. The van der Waals surface area contributed by atoms with Crippen LogP contribution in [0.3, 0.4) is 0 Å². The molecule has 0 spiro atoms. The number of aromatic nitrogens is 2. The number of H-pyrrole nitrogens is 1. The number of carbonyl (C=O) groups is 1. The van der Waals surface area contributed by atoms with E-state index >= 15 is 0 Å². The molecule has 0 aliphatic rings. The molecular formula is C13H11F3N2O3. The SMILES string of the molecule is CCOC(=O)c1cc(=O)n(Cc2c(F)cc(F)cc2F)[nH]1. The Labute approximate surface area is 116 Å². The maximum atomic E-state index is 13.5. The van der Waals surface area contributed by atoms with Crippen LogP contribution in [0.15, 0.2) is 23.0 Å². The van der Waals surface area contributed by atoms with E-state index in [9.17, 15) is 22.8 Å². The Morgan fingerprint density at radius 1 is 1.24 bits per heavy atom. The fourth-order valence-corrected chi connectivity index (χ4v) is 1.75. The summed E-state index contributed by atoms with van der Waals surface area (Å²) in [7, 11) is 0. The smallest absolute Gasteiger partial charge is 0.356 e. The van der Waals surface area contributed by atoms with Gasteiger partial charge in [-0.05, 0) is 6.92 Å². The molecule has 0 fully saturated rings. The van der Waals surface area contributed by atoms with Gasteiger partial charge in [0.1, 0.15) is 23.1 Å². The van der Waals surface area contributed by atoms with Crippen LogP contribution < -0.4 is 5.56 Å². The molecule has 0 radical (unpaired) electrons. The molecular weight excluding hydrogens is 289 g/mol. The monoisotopic (exact) mass is 300 g/mol. The van der Waals surface area contributed by atoms with Gasteiger partial charge in [-0.25, -0.2) is 22.6 Å². The molecule has 1 N–H and O–H groups in total. The van der Waals surface area contributed by atoms with Gasteiger partial charge in [-0.1, -0.05) is 0 Å². The normalized spacial score (nSPS) is 10.7. The summed E-state index contributed by atoms with van der Waals surface area (Å²) < 4.78 is 45.3.